The van der Waals surface area contributed by atoms with E-state index in [9.17, 15) is 9.59 Å². The summed E-state index contributed by atoms with van der Waals surface area (Å²) in [5.41, 5.74) is 0.657. The Morgan fingerprint density at radius 2 is 1.62 bits per heavy atom. The summed E-state index contributed by atoms with van der Waals surface area (Å²) in [6, 6.07) is 7.27. The van der Waals surface area contributed by atoms with Crippen LogP contribution < -0.4 is 5.32 Å². The average molecular weight is 349 g/mol. The topological polar surface area (TPSA) is 49.4 Å². The van der Waals surface area contributed by atoms with Crippen molar-refractivity contribution in [1.29, 1.82) is 0 Å². The van der Waals surface area contributed by atoms with Crippen LogP contribution in [0.2, 0.25) is 5.02 Å². The molecule has 1 heterocycles. The van der Waals surface area contributed by atoms with E-state index in [4.69, 9.17) is 11.6 Å². The van der Waals surface area contributed by atoms with Gasteiger partial charge < -0.3 is 10.2 Å². The molecule has 1 saturated carbocycles. The standard InChI is InChI=1S/C19H25ClN2O2/c20-16-8-4-5-9-17(16)21-18(23)14-10-12-22(13-11-14)19(24)15-6-2-1-3-7-15/h4-5,8-9,14-15H,1-3,6-7,10-13H2,(H,21,23). The smallest absolute Gasteiger partial charge is 0.227 e. The highest BCUT2D eigenvalue weighted by molar-refractivity contribution is 6.33. The molecule has 1 N–H and O–H groups in total. The lowest BCUT2D eigenvalue weighted by molar-refractivity contribution is -0.139. The molecule has 3 rings (SSSR count). The van der Waals surface area contributed by atoms with Crippen molar-refractivity contribution < 1.29 is 9.59 Å². The van der Waals surface area contributed by atoms with Crippen molar-refractivity contribution in [2.24, 2.45) is 11.8 Å². The maximum atomic E-state index is 12.6. The first-order chi connectivity index (χ1) is 11.6. The van der Waals surface area contributed by atoms with Gasteiger partial charge in [-0.25, -0.2) is 0 Å². The summed E-state index contributed by atoms with van der Waals surface area (Å²) in [6.07, 6.45) is 7.13. The van der Waals surface area contributed by atoms with Crippen molar-refractivity contribution in [3.05, 3.63) is 29.3 Å². The molecule has 1 saturated heterocycles. The molecular formula is C19H25ClN2O2. The molecule has 0 aromatic heterocycles. The molecule has 1 aromatic carbocycles. The van der Waals surface area contributed by atoms with E-state index in [1.807, 2.05) is 23.1 Å². The largest absolute Gasteiger partial charge is 0.342 e. The van der Waals surface area contributed by atoms with Gasteiger partial charge in [0.15, 0.2) is 0 Å². The quantitative estimate of drug-likeness (QED) is 0.894. The molecule has 5 heteroatoms. The summed E-state index contributed by atoms with van der Waals surface area (Å²) >= 11 is 6.09. The second-order valence-corrected chi connectivity index (χ2v) is 7.31. The maximum absolute atomic E-state index is 12.6. The molecule has 24 heavy (non-hydrogen) atoms. The number of piperidine rings is 1. The number of rotatable bonds is 3. The third-order valence-corrected chi connectivity index (χ3v) is 5.59. The van der Waals surface area contributed by atoms with Gasteiger partial charge in [-0.3, -0.25) is 9.59 Å². The zero-order valence-corrected chi connectivity index (χ0v) is 14.7. The molecule has 1 aromatic rings. The molecule has 4 nitrogen and oxygen atoms in total. The number of para-hydroxylation sites is 1. The lowest BCUT2D eigenvalue weighted by Crippen LogP contribution is -2.44. The Morgan fingerprint density at radius 1 is 0.958 bits per heavy atom. The number of likely N-dealkylation sites (tertiary alicyclic amines) is 1. The zero-order chi connectivity index (χ0) is 16.9. The van der Waals surface area contributed by atoms with Crippen molar-refractivity contribution >= 4 is 29.1 Å². The van der Waals surface area contributed by atoms with E-state index in [2.05, 4.69) is 5.32 Å². The molecule has 2 aliphatic rings. The highest BCUT2D eigenvalue weighted by Crippen LogP contribution is 2.28. The van der Waals surface area contributed by atoms with Crippen molar-refractivity contribution in [2.75, 3.05) is 18.4 Å². The van der Waals surface area contributed by atoms with Crippen LogP contribution in [0.5, 0.6) is 0 Å². The highest BCUT2D eigenvalue weighted by Gasteiger charge is 2.31. The van der Waals surface area contributed by atoms with Crippen LogP contribution in [0.4, 0.5) is 5.69 Å². The predicted octanol–water partition coefficient (Wildman–Crippen LogP) is 4.10. The second-order valence-electron chi connectivity index (χ2n) is 6.90. The number of amides is 2. The molecule has 0 radical (unpaired) electrons. The average Bonchev–Trinajstić information content (AvgIpc) is 2.64. The van der Waals surface area contributed by atoms with Gasteiger partial charge in [-0.1, -0.05) is 43.0 Å². The summed E-state index contributed by atoms with van der Waals surface area (Å²) in [5.74, 6) is 0.483. The number of nitrogens with one attached hydrogen (secondary N) is 1. The van der Waals surface area contributed by atoms with Gasteiger partial charge in [0.05, 0.1) is 10.7 Å². The summed E-state index contributed by atoms with van der Waals surface area (Å²) in [6.45, 7) is 1.38. The minimum absolute atomic E-state index is 0.00728. The molecule has 0 bridgehead atoms. The van der Waals surface area contributed by atoms with Gasteiger partial charge in [-0.05, 0) is 37.8 Å². The number of hydrogen-bond donors (Lipinski definition) is 1. The van der Waals surface area contributed by atoms with Gasteiger partial charge in [-0.2, -0.15) is 0 Å². The van der Waals surface area contributed by atoms with Gasteiger partial charge >= 0.3 is 0 Å². The lowest BCUT2D eigenvalue weighted by atomic mass is 9.87. The Balaban J connectivity index is 1.50. The normalized spacial score (nSPS) is 20.0. The van der Waals surface area contributed by atoms with Crippen LogP contribution >= 0.6 is 11.6 Å². The van der Waals surface area contributed by atoms with Crippen molar-refractivity contribution in [2.45, 2.75) is 44.9 Å². The first-order valence-electron chi connectivity index (χ1n) is 8.99. The van der Waals surface area contributed by atoms with E-state index in [0.717, 1.165) is 25.7 Å². The van der Waals surface area contributed by atoms with Gasteiger partial charge in [0, 0.05) is 24.9 Å². The van der Waals surface area contributed by atoms with Crippen LogP contribution in [0.15, 0.2) is 24.3 Å². The predicted molar refractivity (Wildman–Crippen MR) is 96.0 cm³/mol. The Morgan fingerprint density at radius 3 is 2.29 bits per heavy atom. The Hall–Kier alpha value is -1.55. The number of hydrogen-bond acceptors (Lipinski definition) is 2. The van der Waals surface area contributed by atoms with E-state index in [-0.39, 0.29) is 17.7 Å². The lowest BCUT2D eigenvalue weighted by Gasteiger charge is -2.34. The van der Waals surface area contributed by atoms with Gasteiger partial charge in [0.1, 0.15) is 0 Å². The van der Waals surface area contributed by atoms with Crippen molar-refractivity contribution in [3.63, 3.8) is 0 Å². The van der Waals surface area contributed by atoms with E-state index in [1.54, 1.807) is 6.07 Å². The second kappa shape index (κ2) is 8.02. The number of benzene rings is 1. The fraction of sp³-hybridized carbons (Fsp3) is 0.579. The van der Waals surface area contributed by atoms with Gasteiger partial charge in [0.2, 0.25) is 11.8 Å². The first kappa shape index (κ1) is 17.3. The first-order valence-corrected chi connectivity index (χ1v) is 9.37. The SMILES string of the molecule is O=C(Nc1ccccc1Cl)C1CCN(C(=O)C2CCCCC2)CC1. The van der Waals surface area contributed by atoms with Crippen molar-refractivity contribution in [1.82, 2.24) is 4.90 Å². The van der Waals surface area contributed by atoms with Crippen LogP contribution in [-0.2, 0) is 9.59 Å². The molecule has 2 fully saturated rings. The molecule has 0 unspecified atom stereocenters. The number of carbonyl (C=O) groups excluding carboxylic acids is 2. The third-order valence-electron chi connectivity index (χ3n) is 5.26. The van der Waals surface area contributed by atoms with E-state index in [0.29, 0.717) is 29.7 Å². The van der Waals surface area contributed by atoms with E-state index in [1.165, 1.54) is 19.3 Å². The summed E-state index contributed by atoms with van der Waals surface area (Å²) < 4.78 is 0. The Labute approximate surface area is 148 Å². The van der Waals surface area contributed by atoms with Gasteiger partial charge in [-0.15, -0.1) is 0 Å². The minimum Gasteiger partial charge on any atom is -0.342 e. The molecule has 130 valence electrons. The van der Waals surface area contributed by atoms with Crippen LogP contribution in [-0.4, -0.2) is 29.8 Å². The molecule has 1 aliphatic heterocycles. The van der Waals surface area contributed by atoms with Crippen LogP contribution in [0, 0.1) is 11.8 Å². The van der Waals surface area contributed by atoms with E-state index < -0.39 is 0 Å². The van der Waals surface area contributed by atoms with E-state index >= 15 is 0 Å². The third kappa shape index (κ3) is 4.10. The molecule has 0 spiro atoms. The number of anilines is 1. The fourth-order valence-corrected chi connectivity index (χ4v) is 3.95. The van der Waals surface area contributed by atoms with Gasteiger partial charge in [0.25, 0.3) is 0 Å². The summed E-state index contributed by atoms with van der Waals surface area (Å²) in [5, 5.41) is 3.46. The number of halogens is 1. The fourth-order valence-electron chi connectivity index (χ4n) is 3.77. The minimum atomic E-state index is -0.0447. The Bertz CT molecular complexity index is 591. The molecular weight excluding hydrogens is 324 g/mol. The van der Waals surface area contributed by atoms with Crippen LogP contribution in [0.1, 0.15) is 44.9 Å². The van der Waals surface area contributed by atoms with Crippen LogP contribution in [0.25, 0.3) is 0 Å². The van der Waals surface area contributed by atoms with Crippen molar-refractivity contribution in [3.8, 4) is 0 Å². The highest BCUT2D eigenvalue weighted by atomic mass is 35.5. The van der Waals surface area contributed by atoms with Crippen LogP contribution in [0.3, 0.4) is 0 Å². The zero-order valence-electron chi connectivity index (χ0n) is 14.0. The maximum Gasteiger partial charge on any atom is 0.227 e. The number of carbonyl (C=O) groups is 2. The summed E-state index contributed by atoms with van der Waals surface area (Å²) in [7, 11) is 0. The monoisotopic (exact) mass is 348 g/mol. The molecule has 0 atom stereocenters. The Kier molecular flexibility index (Phi) is 5.77. The molecule has 2 amide bonds. The molecule has 1 aliphatic carbocycles. The summed E-state index contributed by atoms with van der Waals surface area (Å²) in [4.78, 5) is 27.0. The number of nitrogens with zero attached hydrogens (tertiary/aromatic N) is 1.